The summed E-state index contributed by atoms with van der Waals surface area (Å²) in [5.41, 5.74) is 1.16. The number of aromatic nitrogens is 4. The van der Waals surface area contributed by atoms with Gasteiger partial charge in [-0.1, -0.05) is 0 Å². The number of aliphatic hydroxyl groups is 2. The fourth-order valence-electron chi connectivity index (χ4n) is 2.09. The minimum Gasteiger partial charge on any atom is -0.395 e. The van der Waals surface area contributed by atoms with Gasteiger partial charge in [0.15, 0.2) is 11.6 Å². The molecule has 2 aromatic rings. The molecule has 132 valence electrons. The van der Waals surface area contributed by atoms with E-state index < -0.39 is 0 Å². The Morgan fingerprint density at radius 2 is 1.08 bits per heavy atom. The molecule has 0 atom stereocenters. The second-order valence-electron chi connectivity index (χ2n) is 4.85. The lowest BCUT2D eigenvalue weighted by Gasteiger charge is -2.14. The molecule has 24 heavy (non-hydrogen) atoms. The van der Waals surface area contributed by atoms with Crippen LogP contribution in [-0.2, 0) is 0 Å². The second-order valence-corrected chi connectivity index (χ2v) is 4.85. The molecule has 0 spiro atoms. The third-order valence-corrected chi connectivity index (χ3v) is 3.02. The molecule has 2 rings (SSSR count). The largest absolute Gasteiger partial charge is 0.395 e. The van der Waals surface area contributed by atoms with Gasteiger partial charge in [-0.3, -0.25) is 0 Å². The number of aliphatic hydroxyl groups excluding tert-OH is 2. The monoisotopic (exact) mass is 336 g/mol. The zero-order valence-corrected chi connectivity index (χ0v) is 13.9. The highest BCUT2D eigenvalue weighted by Crippen LogP contribution is 2.26. The number of fused-ring (bicyclic) bond motifs is 1. The highest BCUT2D eigenvalue weighted by molar-refractivity contribution is 5.94. The van der Waals surface area contributed by atoms with Gasteiger partial charge in [-0.05, 0) is 13.8 Å². The summed E-state index contributed by atoms with van der Waals surface area (Å²) in [5.74, 6) is 1.95. The van der Waals surface area contributed by atoms with Gasteiger partial charge in [0, 0.05) is 26.2 Å². The van der Waals surface area contributed by atoms with Crippen molar-refractivity contribution in [2.75, 3.05) is 60.7 Å². The van der Waals surface area contributed by atoms with E-state index in [-0.39, 0.29) is 13.2 Å². The first-order chi connectivity index (χ1) is 11.7. The average Bonchev–Trinajstić information content (AvgIpc) is 2.59. The first kappa shape index (κ1) is 17.9. The lowest BCUT2D eigenvalue weighted by Crippen LogP contribution is -2.14. The van der Waals surface area contributed by atoms with E-state index in [1.165, 1.54) is 0 Å². The van der Waals surface area contributed by atoms with Crippen molar-refractivity contribution in [3.05, 3.63) is 0 Å². The quantitative estimate of drug-likeness (QED) is 0.354. The normalized spacial score (nSPS) is 10.7. The first-order valence-electron chi connectivity index (χ1n) is 8.00. The zero-order chi connectivity index (χ0) is 17.4. The fraction of sp³-hybridized carbons (Fsp3) is 0.571. The number of rotatable bonds is 10. The van der Waals surface area contributed by atoms with Crippen molar-refractivity contribution in [3.8, 4) is 0 Å². The van der Waals surface area contributed by atoms with Crippen LogP contribution in [0.4, 0.5) is 23.5 Å². The number of hydrogen-bond donors (Lipinski definition) is 6. The first-order valence-corrected chi connectivity index (χ1v) is 8.00. The van der Waals surface area contributed by atoms with Crippen molar-refractivity contribution in [1.82, 2.24) is 19.9 Å². The highest BCUT2D eigenvalue weighted by Gasteiger charge is 2.15. The van der Waals surface area contributed by atoms with Crippen LogP contribution in [0.5, 0.6) is 0 Å². The summed E-state index contributed by atoms with van der Waals surface area (Å²) in [7, 11) is 0. The number of anilines is 4. The maximum absolute atomic E-state index is 8.97. The number of nitrogens with one attached hydrogen (secondary N) is 4. The van der Waals surface area contributed by atoms with Gasteiger partial charge in [0.25, 0.3) is 0 Å². The summed E-state index contributed by atoms with van der Waals surface area (Å²) in [4.78, 5) is 17.7. The molecule has 2 aromatic heterocycles. The predicted molar refractivity (Wildman–Crippen MR) is 94.6 cm³/mol. The molecule has 0 amide bonds. The molecule has 10 heteroatoms. The van der Waals surface area contributed by atoms with Gasteiger partial charge in [-0.25, -0.2) is 9.97 Å². The van der Waals surface area contributed by atoms with E-state index in [1.54, 1.807) is 0 Å². The molecular formula is C14H24N8O2. The Kier molecular flexibility index (Phi) is 6.70. The Balaban J connectivity index is 2.56. The van der Waals surface area contributed by atoms with E-state index in [2.05, 4.69) is 41.2 Å². The molecule has 0 aliphatic carbocycles. The second kappa shape index (κ2) is 8.99. The van der Waals surface area contributed by atoms with Crippen LogP contribution in [0.2, 0.25) is 0 Å². The standard InChI is InChI=1S/C14H24N8O2/c1-3-15-11-9-10(20-13(21-11)17-5-7-23)12(16-4-2)22-14(19-9)18-6-8-24/h23-24H,3-8H2,1-2H3,(H2,15,17,20,21)(H2,16,18,19,22). The molecule has 10 nitrogen and oxygen atoms in total. The van der Waals surface area contributed by atoms with E-state index in [0.717, 1.165) is 0 Å². The molecule has 0 fully saturated rings. The SMILES string of the molecule is CCNc1nc(NCCO)nc2c(NCC)nc(NCCO)nc12. The van der Waals surface area contributed by atoms with Gasteiger partial charge in [0.2, 0.25) is 11.9 Å². The Labute approximate surface area is 140 Å². The van der Waals surface area contributed by atoms with Crippen molar-refractivity contribution in [1.29, 1.82) is 0 Å². The van der Waals surface area contributed by atoms with Crippen molar-refractivity contribution in [2.45, 2.75) is 13.8 Å². The van der Waals surface area contributed by atoms with E-state index in [9.17, 15) is 0 Å². The van der Waals surface area contributed by atoms with Crippen LogP contribution < -0.4 is 21.3 Å². The van der Waals surface area contributed by atoms with Gasteiger partial charge >= 0.3 is 0 Å². The summed E-state index contributed by atoms with van der Waals surface area (Å²) in [6.07, 6.45) is 0. The molecule has 0 saturated heterocycles. The lowest BCUT2D eigenvalue weighted by atomic mass is 10.3. The van der Waals surface area contributed by atoms with Crippen LogP contribution in [0.15, 0.2) is 0 Å². The molecule has 0 bridgehead atoms. The molecule has 2 heterocycles. The van der Waals surface area contributed by atoms with Crippen molar-refractivity contribution in [3.63, 3.8) is 0 Å². The Hall–Kier alpha value is -2.46. The molecule has 0 unspecified atom stereocenters. The summed E-state index contributed by atoms with van der Waals surface area (Å²) >= 11 is 0. The third kappa shape index (κ3) is 4.30. The Morgan fingerprint density at radius 3 is 1.42 bits per heavy atom. The number of nitrogens with zero attached hydrogens (tertiary/aromatic N) is 4. The molecule has 0 aliphatic rings. The smallest absolute Gasteiger partial charge is 0.225 e. The van der Waals surface area contributed by atoms with Crippen LogP contribution in [0.1, 0.15) is 13.8 Å². The predicted octanol–water partition coefficient (Wildman–Crippen LogP) is 0.0918. The van der Waals surface area contributed by atoms with Crippen LogP contribution in [-0.4, -0.2) is 69.5 Å². The molecular weight excluding hydrogens is 312 g/mol. The van der Waals surface area contributed by atoms with E-state index in [0.29, 0.717) is 60.7 Å². The Morgan fingerprint density at radius 1 is 0.667 bits per heavy atom. The van der Waals surface area contributed by atoms with Gasteiger partial charge in [0.1, 0.15) is 11.0 Å². The molecule has 0 radical (unpaired) electrons. The minimum atomic E-state index is -0.0154. The lowest BCUT2D eigenvalue weighted by molar-refractivity contribution is 0.310. The van der Waals surface area contributed by atoms with E-state index in [4.69, 9.17) is 10.2 Å². The Bertz CT molecular complexity index is 610. The summed E-state index contributed by atoms with van der Waals surface area (Å²) in [6.45, 7) is 5.95. The van der Waals surface area contributed by atoms with E-state index in [1.807, 2.05) is 13.8 Å². The van der Waals surface area contributed by atoms with Crippen molar-refractivity contribution >= 4 is 34.6 Å². The van der Waals surface area contributed by atoms with Gasteiger partial charge in [-0.15, -0.1) is 0 Å². The van der Waals surface area contributed by atoms with Gasteiger partial charge in [0.05, 0.1) is 13.2 Å². The summed E-state index contributed by atoms with van der Waals surface area (Å²) in [6, 6.07) is 0. The zero-order valence-electron chi connectivity index (χ0n) is 13.9. The van der Waals surface area contributed by atoms with Crippen molar-refractivity contribution < 1.29 is 10.2 Å². The van der Waals surface area contributed by atoms with Gasteiger partial charge in [-0.2, -0.15) is 9.97 Å². The highest BCUT2D eigenvalue weighted by atomic mass is 16.3. The maximum Gasteiger partial charge on any atom is 0.225 e. The number of hydrogen-bond acceptors (Lipinski definition) is 10. The van der Waals surface area contributed by atoms with Crippen LogP contribution >= 0.6 is 0 Å². The molecule has 0 aliphatic heterocycles. The van der Waals surface area contributed by atoms with Crippen molar-refractivity contribution in [2.24, 2.45) is 0 Å². The average molecular weight is 336 g/mol. The fourth-order valence-corrected chi connectivity index (χ4v) is 2.09. The van der Waals surface area contributed by atoms with Crippen LogP contribution in [0.25, 0.3) is 11.0 Å². The topological polar surface area (TPSA) is 140 Å². The van der Waals surface area contributed by atoms with Crippen LogP contribution in [0, 0.1) is 0 Å². The molecule has 0 aromatic carbocycles. The van der Waals surface area contributed by atoms with Crippen LogP contribution in [0.3, 0.4) is 0 Å². The summed E-state index contributed by atoms with van der Waals surface area (Å²) < 4.78 is 0. The minimum absolute atomic E-state index is 0.0154. The third-order valence-electron chi connectivity index (χ3n) is 3.02. The summed E-state index contributed by atoms with van der Waals surface area (Å²) in [5, 5.41) is 30.2. The van der Waals surface area contributed by atoms with E-state index >= 15 is 0 Å². The molecule has 0 saturated carbocycles. The maximum atomic E-state index is 8.97. The van der Waals surface area contributed by atoms with Gasteiger partial charge < -0.3 is 31.5 Å². The molecule has 6 N–H and O–H groups in total.